The van der Waals surface area contributed by atoms with Crippen LogP contribution < -0.4 is 4.90 Å². The van der Waals surface area contributed by atoms with Crippen molar-refractivity contribution in [3.63, 3.8) is 0 Å². The Hall–Kier alpha value is -0.690. The summed E-state index contributed by atoms with van der Waals surface area (Å²) >= 11 is 5.85. The number of hydrogen-bond donors (Lipinski definition) is 0. The van der Waals surface area contributed by atoms with E-state index in [0.717, 1.165) is 6.54 Å². The highest BCUT2D eigenvalue weighted by atomic mass is 35.5. The monoisotopic (exact) mass is 267 g/mol. The van der Waals surface area contributed by atoms with Crippen LogP contribution in [0.1, 0.15) is 46.1 Å². The van der Waals surface area contributed by atoms with Crippen molar-refractivity contribution in [2.45, 2.75) is 52.5 Å². The normalized spacial score (nSPS) is 11.3. The average molecular weight is 268 g/mol. The first-order valence-corrected chi connectivity index (χ1v) is 7.57. The second-order valence-electron chi connectivity index (χ2n) is 5.32. The van der Waals surface area contributed by atoms with Gasteiger partial charge in [0.15, 0.2) is 0 Å². The molecule has 0 fully saturated rings. The molecule has 0 aromatic heterocycles. The fraction of sp³-hybridized carbons (Fsp3) is 0.625. The maximum absolute atomic E-state index is 5.85. The highest BCUT2D eigenvalue weighted by Gasteiger charge is 2.16. The van der Waals surface area contributed by atoms with Crippen LogP contribution in [0.15, 0.2) is 24.3 Å². The van der Waals surface area contributed by atoms with Crippen molar-refractivity contribution in [2.24, 2.45) is 5.92 Å². The fourth-order valence-corrected chi connectivity index (χ4v) is 2.54. The lowest BCUT2D eigenvalue weighted by atomic mass is 10.1. The molecule has 1 rings (SSSR count). The van der Waals surface area contributed by atoms with E-state index >= 15 is 0 Å². The highest BCUT2D eigenvalue weighted by Crippen LogP contribution is 2.23. The number of hydrogen-bond acceptors (Lipinski definition) is 1. The predicted molar refractivity (Wildman–Crippen MR) is 82.6 cm³/mol. The summed E-state index contributed by atoms with van der Waals surface area (Å²) in [5.74, 6) is 1.27. The van der Waals surface area contributed by atoms with Gasteiger partial charge >= 0.3 is 0 Å². The maximum atomic E-state index is 5.85. The molecule has 1 nitrogen and oxygen atoms in total. The molecule has 0 bridgehead atoms. The number of anilines is 1. The van der Waals surface area contributed by atoms with Crippen LogP contribution in [0.4, 0.5) is 5.69 Å². The van der Waals surface area contributed by atoms with Crippen LogP contribution >= 0.6 is 11.6 Å². The number of nitrogens with zero attached hydrogens (tertiary/aromatic N) is 1. The SMILES string of the molecule is CCC(CC)N(CC(C)C)c1ccc(CCl)cc1. The van der Waals surface area contributed by atoms with E-state index in [-0.39, 0.29) is 0 Å². The minimum absolute atomic E-state index is 0.593. The van der Waals surface area contributed by atoms with Gasteiger partial charge in [0.05, 0.1) is 0 Å². The smallest absolute Gasteiger partial charge is 0.0474 e. The van der Waals surface area contributed by atoms with Crippen molar-refractivity contribution < 1.29 is 0 Å². The lowest BCUT2D eigenvalue weighted by Crippen LogP contribution is -2.37. The standard InChI is InChI=1S/C16H26ClN/c1-5-15(6-2)18(12-13(3)4)16-9-7-14(11-17)8-10-16/h7-10,13,15H,5-6,11-12H2,1-4H3. The summed E-state index contributed by atoms with van der Waals surface area (Å²) in [6.07, 6.45) is 2.39. The van der Waals surface area contributed by atoms with Gasteiger partial charge in [0.1, 0.15) is 0 Å². The van der Waals surface area contributed by atoms with Crippen molar-refractivity contribution in [2.75, 3.05) is 11.4 Å². The summed E-state index contributed by atoms with van der Waals surface area (Å²) < 4.78 is 0. The zero-order valence-electron chi connectivity index (χ0n) is 12.1. The molecule has 0 unspecified atom stereocenters. The summed E-state index contributed by atoms with van der Waals surface area (Å²) in [7, 11) is 0. The number of benzene rings is 1. The van der Waals surface area contributed by atoms with E-state index in [4.69, 9.17) is 11.6 Å². The van der Waals surface area contributed by atoms with Crippen LogP contribution in [0.25, 0.3) is 0 Å². The number of alkyl halides is 1. The molecule has 1 aromatic carbocycles. The molecule has 0 amide bonds. The van der Waals surface area contributed by atoms with E-state index in [9.17, 15) is 0 Å². The first kappa shape index (κ1) is 15.4. The van der Waals surface area contributed by atoms with Crippen LogP contribution in [0, 0.1) is 5.92 Å². The Labute approximate surface area is 117 Å². The van der Waals surface area contributed by atoms with Gasteiger partial charge in [-0.2, -0.15) is 0 Å². The Balaban J connectivity index is 2.92. The largest absolute Gasteiger partial charge is 0.368 e. The molecule has 102 valence electrons. The van der Waals surface area contributed by atoms with Gasteiger partial charge in [-0.15, -0.1) is 11.6 Å². The summed E-state index contributed by atoms with van der Waals surface area (Å²) in [6, 6.07) is 9.32. The van der Waals surface area contributed by atoms with Crippen LogP contribution in [0.3, 0.4) is 0 Å². The molecular weight excluding hydrogens is 242 g/mol. The topological polar surface area (TPSA) is 3.24 Å². The zero-order chi connectivity index (χ0) is 13.5. The molecule has 18 heavy (non-hydrogen) atoms. The molecule has 0 aliphatic heterocycles. The molecule has 0 saturated carbocycles. The van der Waals surface area contributed by atoms with Gasteiger partial charge in [0.25, 0.3) is 0 Å². The first-order chi connectivity index (χ1) is 8.62. The maximum Gasteiger partial charge on any atom is 0.0474 e. The third kappa shape index (κ3) is 4.20. The Morgan fingerprint density at radius 1 is 1.06 bits per heavy atom. The van der Waals surface area contributed by atoms with Crippen molar-refractivity contribution in [3.05, 3.63) is 29.8 Å². The summed E-state index contributed by atoms with van der Waals surface area (Å²) in [5, 5.41) is 0. The van der Waals surface area contributed by atoms with E-state index in [1.807, 2.05) is 0 Å². The Bertz CT molecular complexity index is 327. The Morgan fingerprint density at radius 3 is 2.00 bits per heavy atom. The van der Waals surface area contributed by atoms with Gasteiger partial charge in [-0.25, -0.2) is 0 Å². The van der Waals surface area contributed by atoms with E-state index in [1.54, 1.807) is 0 Å². The molecule has 0 aliphatic carbocycles. The number of halogens is 1. The lowest BCUT2D eigenvalue weighted by molar-refractivity contribution is 0.507. The van der Waals surface area contributed by atoms with Crippen LogP contribution in [-0.4, -0.2) is 12.6 Å². The summed E-state index contributed by atoms with van der Waals surface area (Å²) in [4.78, 5) is 2.54. The molecule has 0 atom stereocenters. The number of rotatable bonds is 7. The van der Waals surface area contributed by atoms with E-state index in [2.05, 4.69) is 56.9 Å². The Kier molecular flexibility index (Phi) is 6.56. The second-order valence-corrected chi connectivity index (χ2v) is 5.58. The minimum Gasteiger partial charge on any atom is -0.368 e. The van der Waals surface area contributed by atoms with Crippen LogP contribution in [0.5, 0.6) is 0 Å². The van der Waals surface area contributed by atoms with E-state index in [0.29, 0.717) is 17.8 Å². The molecule has 1 aromatic rings. The van der Waals surface area contributed by atoms with E-state index in [1.165, 1.54) is 24.1 Å². The van der Waals surface area contributed by atoms with Gasteiger partial charge < -0.3 is 4.90 Å². The van der Waals surface area contributed by atoms with Crippen molar-refractivity contribution in [1.29, 1.82) is 0 Å². The summed E-state index contributed by atoms with van der Waals surface area (Å²) in [6.45, 7) is 10.2. The van der Waals surface area contributed by atoms with Crippen LogP contribution in [0.2, 0.25) is 0 Å². The molecule has 0 saturated heterocycles. The quantitative estimate of drug-likeness (QED) is 0.623. The molecule has 0 heterocycles. The van der Waals surface area contributed by atoms with Crippen LogP contribution in [-0.2, 0) is 5.88 Å². The van der Waals surface area contributed by atoms with Gasteiger partial charge in [-0.3, -0.25) is 0 Å². The second kappa shape index (κ2) is 7.68. The predicted octanol–water partition coefficient (Wildman–Crippen LogP) is 5.08. The minimum atomic E-state index is 0.593. The zero-order valence-corrected chi connectivity index (χ0v) is 12.9. The van der Waals surface area contributed by atoms with Gasteiger partial charge in [0.2, 0.25) is 0 Å². The first-order valence-electron chi connectivity index (χ1n) is 7.03. The molecule has 0 spiro atoms. The van der Waals surface area contributed by atoms with Gasteiger partial charge in [-0.05, 0) is 36.5 Å². The average Bonchev–Trinajstić information content (AvgIpc) is 2.38. The molecular formula is C16H26ClN. The molecule has 0 aliphatic rings. The van der Waals surface area contributed by atoms with Gasteiger partial charge in [-0.1, -0.05) is 39.8 Å². The summed E-state index contributed by atoms with van der Waals surface area (Å²) in [5.41, 5.74) is 2.51. The third-order valence-electron chi connectivity index (χ3n) is 3.37. The third-order valence-corrected chi connectivity index (χ3v) is 3.68. The lowest BCUT2D eigenvalue weighted by Gasteiger charge is -2.34. The molecule has 0 N–H and O–H groups in total. The fourth-order valence-electron chi connectivity index (χ4n) is 2.36. The van der Waals surface area contributed by atoms with E-state index < -0.39 is 0 Å². The van der Waals surface area contributed by atoms with Crippen molar-refractivity contribution >= 4 is 17.3 Å². The van der Waals surface area contributed by atoms with Gasteiger partial charge in [0, 0.05) is 24.2 Å². The molecule has 0 radical (unpaired) electrons. The molecule has 2 heteroatoms. The highest BCUT2D eigenvalue weighted by molar-refractivity contribution is 6.17. The van der Waals surface area contributed by atoms with Crippen molar-refractivity contribution in [3.8, 4) is 0 Å². The van der Waals surface area contributed by atoms with Crippen molar-refractivity contribution in [1.82, 2.24) is 0 Å². The Morgan fingerprint density at radius 2 is 1.61 bits per heavy atom.